The normalized spacial score (nSPS) is 10.2. The van der Waals surface area contributed by atoms with Crippen LogP contribution in [0.1, 0.15) is 10.4 Å². The fourth-order valence-corrected chi connectivity index (χ4v) is 2.40. The predicted molar refractivity (Wildman–Crippen MR) is 75.5 cm³/mol. The number of carbonyl (C=O) groups is 1. The smallest absolute Gasteiger partial charge is 0.335 e. The minimum atomic E-state index is -1.04. The Bertz CT molecular complexity index is 661. The lowest BCUT2D eigenvalue weighted by atomic mass is 10.2. The number of ether oxygens (including phenoxy) is 2. The quantitative estimate of drug-likeness (QED) is 0.894. The van der Waals surface area contributed by atoms with Gasteiger partial charge in [-0.05, 0) is 30.0 Å². The van der Waals surface area contributed by atoms with Gasteiger partial charge < -0.3 is 14.6 Å². The molecular weight excluding hydrogens is 318 g/mol. The summed E-state index contributed by atoms with van der Waals surface area (Å²) < 4.78 is 9.90. The monoisotopic (exact) mass is 327 g/mol. The molecule has 21 heavy (non-hydrogen) atoms. The summed E-state index contributed by atoms with van der Waals surface area (Å²) in [7, 11) is 2.86. The van der Waals surface area contributed by atoms with E-state index >= 15 is 0 Å². The number of carboxylic acid groups (broad SMARTS) is 1. The lowest BCUT2D eigenvalue weighted by molar-refractivity contribution is 0.0697. The molecule has 0 bridgehead atoms. The topological polar surface area (TPSA) is 94.4 Å². The molecule has 0 unspecified atom stereocenters. The van der Waals surface area contributed by atoms with E-state index in [0.29, 0.717) is 15.1 Å². The van der Waals surface area contributed by atoms with Gasteiger partial charge in [-0.2, -0.15) is 9.97 Å². The third kappa shape index (κ3) is 3.73. The van der Waals surface area contributed by atoms with E-state index in [1.807, 2.05) is 0 Å². The Hall–Kier alpha value is -2.06. The van der Waals surface area contributed by atoms with Gasteiger partial charge in [0.05, 0.1) is 24.8 Å². The summed E-state index contributed by atoms with van der Waals surface area (Å²) in [5, 5.41) is 9.51. The minimum absolute atomic E-state index is 0.107. The van der Waals surface area contributed by atoms with Crippen molar-refractivity contribution in [2.24, 2.45) is 0 Å². The highest BCUT2D eigenvalue weighted by molar-refractivity contribution is 7.99. The number of aromatic nitrogens is 3. The van der Waals surface area contributed by atoms with E-state index in [-0.39, 0.29) is 17.6 Å². The van der Waals surface area contributed by atoms with Crippen molar-refractivity contribution in [1.29, 1.82) is 0 Å². The Morgan fingerprint density at radius 1 is 1.19 bits per heavy atom. The molecule has 0 atom stereocenters. The Morgan fingerprint density at radius 3 is 2.29 bits per heavy atom. The van der Waals surface area contributed by atoms with Crippen LogP contribution in [0.4, 0.5) is 0 Å². The molecular formula is C12H10ClN3O4S. The molecule has 9 heteroatoms. The van der Waals surface area contributed by atoms with Gasteiger partial charge >= 0.3 is 18.0 Å². The zero-order valence-electron chi connectivity index (χ0n) is 11.0. The van der Waals surface area contributed by atoms with Gasteiger partial charge in [0.15, 0.2) is 0 Å². The predicted octanol–water partition coefficient (Wildman–Crippen LogP) is 2.39. The maximum Gasteiger partial charge on any atom is 0.335 e. The van der Waals surface area contributed by atoms with Crippen molar-refractivity contribution in [3.8, 4) is 12.0 Å². The molecule has 0 saturated heterocycles. The summed E-state index contributed by atoms with van der Waals surface area (Å²) >= 11 is 7.20. The summed E-state index contributed by atoms with van der Waals surface area (Å²) in [5.41, 5.74) is 0.107. The number of rotatable bonds is 5. The third-order valence-corrected chi connectivity index (χ3v) is 3.68. The van der Waals surface area contributed by atoms with Gasteiger partial charge in [-0.3, -0.25) is 0 Å². The standard InChI is InChI=1S/C12H10ClN3O4S/c1-19-10-14-11(20-2)16-12(15-10)21-8-4-3-6(9(17)18)5-7(8)13/h3-5H,1-2H3,(H,17,18). The first-order chi connectivity index (χ1) is 10.0. The maximum absolute atomic E-state index is 10.9. The molecule has 2 rings (SSSR count). The molecule has 1 aromatic carbocycles. The van der Waals surface area contributed by atoms with E-state index in [9.17, 15) is 4.79 Å². The Balaban J connectivity index is 2.31. The third-order valence-electron chi connectivity index (χ3n) is 2.32. The number of carboxylic acids is 1. The summed E-state index contributed by atoms with van der Waals surface area (Å²) in [6.45, 7) is 0. The molecule has 0 spiro atoms. The molecule has 110 valence electrons. The van der Waals surface area contributed by atoms with Crippen molar-refractivity contribution in [2.45, 2.75) is 10.1 Å². The number of nitrogens with zero attached hydrogens (tertiary/aromatic N) is 3. The Morgan fingerprint density at radius 2 is 1.81 bits per heavy atom. The highest BCUT2D eigenvalue weighted by atomic mass is 35.5. The average molecular weight is 328 g/mol. The number of halogens is 1. The summed E-state index contributed by atoms with van der Waals surface area (Å²) in [5.74, 6) is -1.04. The van der Waals surface area contributed by atoms with Gasteiger partial charge in [0, 0.05) is 4.90 Å². The second-order valence-corrected chi connectivity index (χ2v) is 5.06. The minimum Gasteiger partial charge on any atom is -0.478 e. The first kappa shape index (κ1) is 15.3. The highest BCUT2D eigenvalue weighted by Crippen LogP contribution is 2.33. The van der Waals surface area contributed by atoms with Gasteiger partial charge in [-0.1, -0.05) is 11.6 Å². The van der Waals surface area contributed by atoms with Crippen LogP contribution in [-0.4, -0.2) is 40.2 Å². The molecule has 1 N–H and O–H groups in total. The van der Waals surface area contributed by atoms with E-state index in [4.69, 9.17) is 26.2 Å². The molecule has 2 aromatic rings. The molecule has 0 aliphatic heterocycles. The van der Waals surface area contributed by atoms with Crippen LogP contribution in [-0.2, 0) is 0 Å². The van der Waals surface area contributed by atoms with Crippen LogP contribution >= 0.6 is 23.4 Å². The molecule has 0 radical (unpaired) electrons. The second kappa shape index (κ2) is 6.59. The molecule has 0 aliphatic carbocycles. The van der Waals surface area contributed by atoms with Gasteiger partial charge in [0.1, 0.15) is 0 Å². The molecule has 0 saturated carbocycles. The first-order valence-corrected chi connectivity index (χ1v) is 6.77. The molecule has 0 fully saturated rings. The van der Waals surface area contributed by atoms with Gasteiger partial charge in [-0.25, -0.2) is 4.79 Å². The van der Waals surface area contributed by atoms with Gasteiger partial charge in [0.25, 0.3) is 0 Å². The Kier molecular flexibility index (Phi) is 4.81. The highest BCUT2D eigenvalue weighted by Gasteiger charge is 2.12. The van der Waals surface area contributed by atoms with Crippen LogP contribution in [0.2, 0.25) is 5.02 Å². The average Bonchev–Trinajstić information content (AvgIpc) is 2.48. The number of benzene rings is 1. The van der Waals surface area contributed by atoms with Crippen molar-refractivity contribution < 1.29 is 19.4 Å². The van der Waals surface area contributed by atoms with E-state index in [1.54, 1.807) is 6.07 Å². The van der Waals surface area contributed by atoms with Crippen molar-refractivity contribution in [1.82, 2.24) is 15.0 Å². The van der Waals surface area contributed by atoms with E-state index in [0.717, 1.165) is 11.8 Å². The molecule has 1 aromatic heterocycles. The van der Waals surface area contributed by atoms with Crippen molar-refractivity contribution in [3.63, 3.8) is 0 Å². The van der Waals surface area contributed by atoms with Crippen molar-refractivity contribution in [2.75, 3.05) is 14.2 Å². The van der Waals surface area contributed by atoms with Crippen LogP contribution in [0.5, 0.6) is 12.0 Å². The van der Waals surface area contributed by atoms with Gasteiger partial charge in [0.2, 0.25) is 5.16 Å². The van der Waals surface area contributed by atoms with E-state index in [2.05, 4.69) is 15.0 Å². The summed E-state index contributed by atoms with van der Waals surface area (Å²) in [6, 6.07) is 4.62. The molecule has 7 nitrogen and oxygen atoms in total. The van der Waals surface area contributed by atoms with Crippen molar-refractivity contribution >= 4 is 29.3 Å². The largest absolute Gasteiger partial charge is 0.478 e. The van der Waals surface area contributed by atoms with Gasteiger partial charge in [-0.15, -0.1) is 4.98 Å². The maximum atomic E-state index is 10.9. The first-order valence-electron chi connectivity index (χ1n) is 5.58. The van der Waals surface area contributed by atoms with Crippen LogP contribution in [0, 0.1) is 0 Å². The summed E-state index contributed by atoms with van der Waals surface area (Å²) in [6.07, 6.45) is 0. The number of methoxy groups -OCH3 is 2. The zero-order chi connectivity index (χ0) is 15.4. The van der Waals surface area contributed by atoms with Crippen LogP contribution in [0.25, 0.3) is 0 Å². The zero-order valence-corrected chi connectivity index (χ0v) is 12.6. The molecule has 1 heterocycles. The fourth-order valence-electron chi connectivity index (χ4n) is 1.36. The van der Waals surface area contributed by atoms with Crippen LogP contribution < -0.4 is 9.47 Å². The van der Waals surface area contributed by atoms with Crippen LogP contribution in [0.3, 0.4) is 0 Å². The van der Waals surface area contributed by atoms with Crippen LogP contribution in [0.15, 0.2) is 28.3 Å². The lowest BCUT2D eigenvalue weighted by Crippen LogP contribution is -2.00. The molecule has 0 aliphatic rings. The number of hydrogen-bond donors (Lipinski definition) is 1. The summed E-state index contributed by atoms with van der Waals surface area (Å²) in [4.78, 5) is 23.5. The Labute approximate surface area is 129 Å². The number of aromatic carboxylic acids is 1. The second-order valence-electron chi connectivity index (χ2n) is 3.64. The molecule has 0 amide bonds. The lowest BCUT2D eigenvalue weighted by Gasteiger charge is -2.06. The van der Waals surface area contributed by atoms with E-state index < -0.39 is 5.97 Å². The van der Waals surface area contributed by atoms with E-state index in [1.165, 1.54) is 26.4 Å². The van der Waals surface area contributed by atoms with Crippen molar-refractivity contribution in [3.05, 3.63) is 28.8 Å². The fraction of sp³-hybridized carbons (Fsp3) is 0.167. The SMILES string of the molecule is COc1nc(OC)nc(Sc2ccc(C(=O)O)cc2Cl)n1. The number of hydrogen-bond acceptors (Lipinski definition) is 7.